The first-order chi connectivity index (χ1) is 8.76. The van der Waals surface area contributed by atoms with Crippen LogP contribution in [0.3, 0.4) is 0 Å². The fourth-order valence-electron chi connectivity index (χ4n) is 2.73. The first kappa shape index (κ1) is 18.0. The van der Waals surface area contributed by atoms with Crippen LogP contribution in [-0.4, -0.2) is 0 Å². The van der Waals surface area contributed by atoms with Gasteiger partial charge in [0.25, 0.3) is 0 Å². The molecule has 0 aromatic rings. The second-order valence-electron chi connectivity index (χ2n) is 5.97. The second-order valence-corrected chi connectivity index (χ2v) is 5.97. The summed E-state index contributed by atoms with van der Waals surface area (Å²) in [5, 5.41) is 0. The Morgan fingerprint density at radius 2 is 1.11 bits per heavy atom. The molecule has 0 heteroatoms. The third-order valence-electron chi connectivity index (χ3n) is 4.14. The lowest BCUT2D eigenvalue weighted by atomic mass is 9.82. The van der Waals surface area contributed by atoms with Crippen LogP contribution in [0.15, 0.2) is 0 Å². The van der Waals surface area contributed by atoms with Gasteiger partial charge in [0.1, 0.15) is 0 Å². The highest BCUT2D eigenvalue weighted by molar-refractivity contribution is 4.94. The van der Waals surface area contributed by atoms with Gasteiger partial charge < -0.3 is 0 Å². The van der Waals surface area contributed by atoms with Gasteiger partial charge in [-0.25, -0.2) is 0 Å². The maximum atomic E-state index is 2.48. The topological polar surface area (TPSA) is 0 Å². The predicted octanol–water partition coefficient (Wildman–Crippen LogP) is 6.94. The number of rotatable bonds is 13. The molecule has 0 aromatic carbocycles. The lowest BCUT2D eigenvalue weighted by Crippen LogP contribution is -2.10. The summed E-state index contributed by atoms with van der Waals surface area (Å²) in [5.41, 5.74) is 0. The van der Waals surface area contributed by atoms with E-state index in [1.54, 1.807) is 0 Å². The molecule has 0 aliphatic heterocycles. The van der Waals surface area contributed by atoms with Crippen molar-refractivity contribution in [3.63, 3.8) is 0 Å². The van der Waals surface area contributed by atoms with E-state index in [4.69, 9.17) is 0 Å². The van der Waals surface area contributed by atoms with Crippen LogP contribution in [-0.2, 0) is 0 Å². The zero-order chi connectivity index (χ0) is 13.6. The summed E-state index contributed by atoms with van der Waals surface area (Å²) in [6.45, 7) is 9.39. The smallest absolute Gasteiger partial charge is 0.0213 e. The zero-order valence-electron chi connectivity index (χ0n) is 13.6. The second kappa shape index (κ2) is 13.4. The van der Waals surface area contributed by atoms with E-state index < -0.39 is 0 Å². The lowest BCUT2D eigenvalue weighted by Gasteiger charge is -2.23. The maximum absolute atomic E-state index is 2.48. The van der Waals surface area contributed by atoms with E-state index in [9.17, 15) is 0 Å². The first-order valence-corrected chi connectivity index (χ1v) is 8.60. The third kappa shape index (κ3) is 9.97. The molecule has 0 fully saturated rings. The van der Waals surface area contributed by atoms with Crippen LogP contribution in [0.2, 0.25) is 0 Å². The first-order valence-electron chi connectivity index (χ1n) is 8.60. The van der Waals surface area contributed by atoms with Crippen molar-refractivity contribution in [2.24, 2.45) is 5.92 Å². The Morgan fingerprint density at radius 3 is 1.56 bits per heavy atom. The molecule has 1 unspecified atom stereocenters. The molecule has 0 bridgehead atoms. The summed E-state index contributed by atoms with van der Waals surface area (Å²) < 4.78 is 0. The number of hydrogen-bond acceptors (Lipinski definition) is 0. The summed E-state index contributed by atoms with van der Waals surface area (Å²) in [6, 6.07) is 0. The summed E-state index contributed by atoms with van der Waals surface area (Å²) in [5.74, 6) is 2.76. The van der Waals surface area contributed by atoms with Gasteiger partial charge in [-0.1, -0.05) is 91.9 Å². The lowest BCUT2D eigenvalue weighted by molar-refractivity contribution is 0.438. The quantitative estimate of drug-likeness (QED) is 0.312. The van der Waals surface area contributed by atoms with Gasteiger partial charge in [-0.3, -0.25) is 0 Å². The fourth-order valence-corrected chi connectivity index (χ4v) is 2.73. The minimum atomic E-state index is 0.880. The summed E-state index contributed by atoms with van der Waals surface area (Å²) in [7, 11) is 0. The molecule has 18 heavy (non-hydrogen) atoms. The van der Waals surface area contributed by atoms with Crippen LogP contribution < -0.4 is 0 Å². The van der Waals surface area contributed by atoms with Crippen molar-refractivity contribution in [3.8, 4) is 0 Å². The van der Waals surface area contributed by atoms with Crippen LogP contribution in [0, 0.1) is 11.8 Å². The number of unbranched alkanes of at least 4 members (excludes halogenated alkanes) is 6. The van der Waals surface area contributed by atoms with Crippen molar-refractivity contribution >= 4 is 0 Å². The summed E-state index contributed by atoms with van der Waals surface area (Å²) >= 11 is 0. The highest BCUT2D eigenvalue weighted by atomic mass is 14.2. The van der Waals surface area contributed by atoms with Gasteiger partial charge in [0.15, 0.2) is 0 Å². The molecule has 0 rings (SSSR count). The summed E-state index contributed by atoms with van der Waals surface area (Å²) in [6.07, 6.45) is 16.8. The Kier molecular flexibility index (Phi) is 13.4. The molecule has 0 nitrogen and oxygen atoms in total. The van der Waals surface area contributed by atoms with E-state index in [1.165, 1.54) is 77.0 Å². The predicted molar refractivity (Wildman–Crippen MR) is 84.8 cm³/mol. The molecule has 0 aliphatic carbocycles. The average molecular weight is 253 g/mol. The molecule has 0 saturated heterocycles. The zero-order valence-corrected chi connectivity index (χ0v) is 13.6. The molecule has 0 amide bonds. The molecule has 109 valence electrons. The third-order valence-corrected chi connectivity index (χ3v) is 4.14. The fraction of sp³-hybridized carbons (Fsp3) is 0.944. The Morgan fingerprint density at radius 1 is 0.667 bits per heavy atom. The van der Waals surface area contributed by atoms with Gasteiger partial charge in [-0.15, -0.1) is 0 Å². The average Bonchev–Trinajstić information content (AvgIpc) is 2.37. The van der Waals surface area contributed by atoms with Crippen molar-refractivity contribution in [2.75, 3.05) is 0 Å². The molecular weight excluding hydrogens is 216 g/mol. The molecule has 0 N–H and O–H groups in total. The van der Waals surface area contributed by atoms with Gasteiger partial charge in [-0.05, 0) is 24.7 Å². The van der Waals surface area contributed by atoms with Crippen LogP contribution >= 0.6 is 0 Å². The van der Waals surface area contributed by atoms with Crippen LogP contribution in [0.5, 0.6) is 0 Å². The molecule has 0 spiro atoms. The molecule has 1 atom stereocenters. The van der Waals surface area contributed by atoms with Gasteiger partial charge in [0, 0.05) is 0 Å². The molecule has 1 radical (unpaired) electrons. The molecular formula is C18H37. The van der Waals surface area contributed by atoms with Gasteiger partial charge in [-0.2, -0.15) is 0 Å². The van der Waals surface area contributed by atoms with E-state index >= 15 is 0 Å². The van der Waals surface area contributed by atoms with E-state index in [0.29, 0.717) is 0 Å². The van der Waals surface area contributed by atoms with Crippen molar-refractivity contribution in [1.29, 1.82) is 0 Å². The minimum absolute atomic E-state index is 0.880. The SMILES string of the molecule is CCCCC[C](CCCCC)C(C)CCCCC. The maximum Gasteiger partial charge on any atom is -0.0213 e. The van der Waals surface area contributed by atoms with Gasteiger partial charge >= 0.3 is 0 Å². The van der Waals surface area contributed by atoms with E-state index in [2.05, 4.69) is 27.7 Å². The van der Waals surface area contributed by atoms with Crippen molar-refractivity contribution < 1.29 is 0 Å². The van der Waals surface area contributed by atoms with Crippen LogP contribution in [0.4, 0.5) is 0 Å². The Hall–Kier alpha value is 0. The highest BCUT2D eigenvalue weighted by Crippen LogP contribution is 2.30. The van der Waals surface area contributed by atoms with E-state index in [-0.39, 0.29) is 0 Å². The molecule has 0 aromatic heterocycles. The van der Waals surface area contributed by atoms with Gasteiger partial charge in [0.05, 0.1) is 0 Å². The van der Waals surface area contributed by atoms with Crippen molar-refractivity contribution in [3.05, 3.63) is 5.92 Å². The molecule has 0 heterocycles. The van der Waals surface area contributed by atoms with E-state index in [1.807, 2.05) is 5.92 Å². The molecule has 0 aliphatic rings. The normalized spacial score (nSPS) is 13.2. The van der Waals surface area contributed by atoms with Crippen molar-refractivity contribution in [2.45, 2.75) is 105 Å². The van der Waals surface area contributed by atoms with Crippen LogP contribution in [0.1, 0.15) is 105 Å². The largest absolute Gasteiger partial charge is 0.0654 e. The van der Waals surface area contributed by atoms with Crippen LogP contribution in [0.25, 0.3) is 0 Å². The molecule has 0 saturated carbocycles. The van der Waals surface area contributed by atoms with E-state index in [0.717, 1.165) is 5.92 Å². The number of hydrogen-bond donors (Lipinski definition) is 0. The van der Waals surface area contributed by atoms with Crippen molar-refractivity contribution in [1.82, 2.24) is 0 Å². The Labute approximate surface area is 117 Å². The summed E-state index contributed by atoms with van der Waals surface area (Å²) in [4.78, 5) is 0. The minimum Gasteiger partial charge on any atom is -0.0654 e. The standard InChI is InChI=1S/C18H37/c1-5-8-11-14-17(4)18(15-12-9-6-2)16-13-10-7-3/h17H,5-16H2,1-4H3. The Balaban J connectivity index is 3.90. The van der Waals surface area contributed by atoms with Gasteiger partial charge in [0.2, 0.25) is 0 Å². The Bertz CT molecular complexity index is 140. The highest BCUT2D eigenvalue weighted by Gasteiger charge is 2.16. The monoisotopic (exact) mass is 253 g/mol.